The van der Waals surface area contributed by atoms with Gasteiger partial charge in [-0.1, -0.05) is 6.92 Å². The van der Waals surface area contributed by atoms with Gasteiger partial charge in [0.2, 0.25) is 5.91 Å². The van der Waals surface area contributed by atoms with Gasteiger partial charge < -0.3 is 10.6 Å². The Morgan fingerprint density at radius 3 is 2.47 bits per heavy atom. The molecular weight excluding hydrogens is 252 g/mol. The standard InChI is InChI=1S/C13H17F2N3O/c1-2-18(12-6-16-7-12)8-13(19)17-11-4-9(14)3-10(15)5-11/h3-5,12,16H,2,6-8H2,1H3,(H,17,19). The number of hydrogen-bond donors (Lipinski definition) is 2. The lowest BCUT2D eigenvalue weighted by atomic mass is 10.1. The van der Waals surface area contributed by atoms with Crippen LogP contribution < -0.4 is 10.6 Å². The van der Waals surface area contributed by atoms with Gasteiger partial charge in [0.05, 0.1) is 6.54 Å². The maximum absolute atomic E-state index is 13.0. The Labute approximate surface area is 110 Å². The predicted molar refractivity (Wildman–Crippen MR) is 68.9 cm³/mol. The Morgan fingerprint density at radius 2 is 2.00 bits per heavy atom. The number of amides is 1. The van der Waals surface area contributed by atoms with Gasteiger partial charge in [-0.15, -0.1) is 0 Å². The van der Waals surface area contributed by atoms with Gasteiger partial charge in [-0.2, -0.15) is 0 Å². The van der Waals surface area contributed by atoms with Gasteiger partial charge in [0.25, 0.3) is 0 Å². The fourth-order valence-corrected chi connectivity index (χ4v) is 2.04. The first-order valence-electron chi connectivity index (χ1n) is 6.29. The van der Waals surface area contributed by atoms with Crippen molar-refractivity contribution in [1.82, 2.24) is 10.2 Å². The summed E-state index contributed by atoms with van der Waals surface area (Å²) in [6, 6.07) is 3.33. The molecule has 0 bridgehead atoms. The van der Waals surface area contributed by atoms with Gasteiger partial charge in [-0.25, -0.2) is 8.78 Å². The lowest BCUT2D eigenvalue weighted by Gasteiger charge is -2.37. The van der Waals surface area contributed by atoms with Crippen molar-refractivity contribution in [3.63, 3.8) is 0 Å². The van der Waals surface area contributed by atoms with E-state index < -0.39 is 11.6 Å². The number of rotatable bonds is 5. The van der Waals surface area contributed by atoms with Crippen LogP contribution in [0.4, 0.5) is 14.5 Å². The molecule has 1 aliphatic rings. The fraction of sp³-hybridized carbons (Fsp3) is 0.462. The molecule has 0 spiro atoms. The minimum absolute atomic E-state index is 0.144. The molecule has 1 saturated heterocycles. The third-order valence-electron chi connectivity index (χ3n) is 3.18. The zero-order chi connectivity index (χ0) is 13.8. The molecule has 1 aromatic carbocycles. The van der Waals surface area contributed by atoms with E-state index in [1.807, 2.05) is 11.8 Å². The Balaban J connectivity index is 1.92. The summed E-state index contributed by atoms with van der Waals surface area (Å²) in [7, 11) is 0. The number of halogens is 2. The molecule has 4 nitrogen and oxygen atoms in total. The predicted octanol–water partition coefficient (Wildman–Crippen LogP) is 1.20. The molecule has 0 unspecified atom stereocenters. The third-order valence-corrected chi connectivity index (χ3v) is 3.18. The number of hydrogen-bond acceptors (Lipinski definition) is 3. The van der Waals surface area contributed by atoms with E-state index in [4.69, 9.17) is 0 Å². The summed E-state index contributed by atoms with van der Waals surface area (Å²) >= 11 is 0. The molecule has 2 N–H and O–H groups in total. The summed E-state index contributed by atoms with van der Waals surface area (Å²) in [5.41, 5.74) is 0.144. The average molecular weight is 269 g/mol. The van der Waals surface area contributed by atoms with E-state index in [0.29, 0.717) is 6.04 Å². The number of carbonyl (C=O) groups excluding carboxylic acids is 1. The van der Waals surface area contributed by atoms with Gasteiger partial charge in [-0.3, -0.25) is 9.69 Å². The highest BCUT2D eigenvalue weighted by Gasteiger charge is 2.24. The van der Waals surface area contributed by atoms with Crippen LogP contribution in [0.5, 0.6) is 0 Å². The Bertz CT molecular complexity index is 443. The van der Waals surface area contributed by atoms with Crippen LogP contribution >= 0.6 is 0 Å². The topological polar surface area (TPSA) is 44.4 Å². The molecule has 1 aromatic rings. The van der Waals surface area contributed by atoms with E-state index in [-0.39, 0.29) is 18.1 Å². The van der Waals surface area contributed by atoms with Crippen LogP contribution in [0, 0.1) is 11.6 Å². The Kier molecular flexibility index (Phi) is 4.44. The molecule has 0 atom stereocenters. The Morgan fingerprint density at radius 1 is 1.37 bits per heavy atom. The summed E-state index contributed by atoms with van der Waals surface area (Å²) < 4.78 is 26.0. The Hall–Kier alpha value is -1.53. The third kappa shape index (κ3) is 3.71. The minimum Gasteiger partial charge on any atom is -0.325 e. The molecule has 0 saturated carbocycles. The van der Waals surface area contributed by atoms with Crippen LogP contribution in [0.3, 0.4) is 0 Å². The first-order valence-corrected chi connectivity index (χ1v) is 6.29. The van der Waals surface area contributed by atoms with Crippen molar-refractivity contribution in [3.05, 3.63) is 29.8 Å². The van der Waals surface area contributed by atoms with Crippen molar-refractivity contribution >= 4 is 11.6 Å². The van der Waals surface area contributed by atoms with Gasteiger partial charge in [0.1, 0.15) is 11.6 Å². The first kappa shape index (κ1) is 13.9. The number of likely N-dealkylation sites (N-methyl/N-ethyl adjacent to an activating group) is 1. The van der Waals surface area contributed by atoms with E-state index in [2.05, 4.69) is 10.6 Å². The van der Waals surface area contributed by atoms with E-state index in [1.165, 1.54) is 0 Å². The SMILES string of the molecule is CCN(CC(=O)Nc1cc(F)cc(F)c1)C1CNC1. The number of carbonyl (C=O) groups is 1. The highest BCUT2D eigenvalue weighted by Crippen LogP contribution is 2.13. The second-order valence-electron chi connectivity index (χ2n) is 4.58. The van der Waals surface area contributed by atoms with Crippen molar-refractivity contribution in [2.75, 3.05) is 31.5 Å². The summed E-state index contributed by atoms with van der Waals surface area (Å²) in [4.78, 5) is 13.9. The molecule has 1 amide bonds. The van der Waals surface area contributed by atoms with Gasteiger partial charge in [0.15, 0.2) is 0 Å². The fourth-order valence-electron chi connectivity index (χ4n) is 2.04. The molecule has 1 fully saturated rings. The lowest BCUT2D eigenvalue weighted by Crippen LogP contribution is -2.58. The minimum atomic E-state index is -0.703. The van der Waals surface area contributed by atoms with Crippen LogP contribution in [0.2, 0.25) is 0 Å². The van der Waals surface area contributed by atoms with Crippen molar-refractivity contribution < 1.29 is 13.6 Å². The van der Waals surface area contributed by atoms with Crippen LogP contribution in [0.25, 0.3) is 0 Å². The lowest BCUT2D eigenvalue weighted by molar-refractivity contribution is -0.118. The molecule has 104 valence electrons. The molecule has 0 aromatic heterocycles. The monoisotopic (exact) mass is 269 g/mol. The van der Waals surface area contributed by atoms with Crippen LogP contribution in [-0.2, 0) is 4.79 Å². The molecule has 19 heavy (non-hydrogen) atoms. The van der Waals surface area contributed by atoms with Crippen LogP contribution in [-0.4, -0.2) is 43.0 Å². The quantitative estimate of drug-likeness (QED) is 0.844. The second kappa shape index (κ2) is 6.08. The van der Waals surface area contributed by atoms with Crippen molar-refractivity contribution in [2.24, 2.45) is 0 Å². The van der Waals surface area contributed by atoms with Gasteiger partial charge in [0, 0.05) is 30.9 Å². The highest BCUT2D eigenvalue weighted by molar-refractivity contribution is 5.92. The normalized spacial score (nSPS) is 15.4. The molecule has 2 rings (SSSR count). The largest absolute Gasteiger partial charge is 0.325 e. The van der Waals surface area contributed by atoms with E-state index in [0.717, 1.165) is 37.8 Å². The molecule has 0 aliphatic carbocycles. The van der Waals surface area contributed by atoms with Crippen molar-refractivity contribution in [1.29, 1.82) is 0 Å². The van der Waals surface area contributed by atoms with Crippen LogP contribution in [0.1, 0.15) is 6.92 Å². The van der Waals surface area contributed by atoms with E-state index >= 15 is 0 Å². The maximum Gasteiger partial charge on any atom is 0.238 e. The molecule has 1 heterocycles. The summed E-state index contributed by atoms with van der Waals surface area (Å²) in [6.07, 6.45) is 0. The van der Waals surface area contributed by atoms with E-state index in [9.17, 15) is 13.6 Å². The molecule has 6 heteroatoms. The first-order chi connectivity index (χ1) is 9.08. The van der Waals surface area contributed by atoms with Crippen molar-refractivity contribution in [2.45, 2.75) is 13.0 Å². The maximum atomic E-state index is 13.0. The molecule has 1 aliphatic heterocycles. The van der Waals surface area contributed by atoms with Gasteiger partial charge in [-0.05, 0) is 18.7 Å². The zero-order valence-corrected chi connectivity index (χ0v) is 10.7. The average Bonchev–Trinajstić information content (AvgIpc) is 2.23. The zero-order valence-electron chi connectivity index (χ0n) is 10.7. The molecule has 0 radical (unpaired) electrons. The molecular formula is C13H17F2N3O. The number of anilines is 1. The number of benzene rings is 1. The van der Waals surface area contributed by atoms with Crippen molar-refractivity contribution in [3.8, 4) is 0 Å². The van der Waals surface area contributed by atoms with E-state index in [1.54, 1.807) is 0 Å². The number of nitrogens with zero attached hydrogens (tertiary/aromatic N) is 1. The van der Waals surface area contributed by atoms with Crippen LogP contribution in [0.15, 0.2) is 18.2 Å². The summed E-state index contributed by atoms with van der Waals surface area (Å²) in [6.45, 7) is 4.71. The highest BCUT2D eigenvalue weighted by atomic mass is 19.1. The second-order valence-corrected chi connectivity index (χ2v) is 4.58. The number of nitrogens with one attached hydrogen (secondary N) is 2. The smallest absolute Gasteiger partial charge is 0.238 e. The summed E-state index contributed by atoms with van der Waals surface area (Å²) in [5.74, 6) is -1.67. The van der Waals surface area contributed by atoms with Gasteiger partial charge >= 0.3 is 0 Å². The summed E-state index contributed by atoms with van der Waals surface area (Å²) in [5, 5.41) is 5.65.